The van der Waals surface area contributed by atoms with Crippen LogP contribution in [0.4, 0.5) is 28.9 Å². The van der Waals surface area contributed by atoms with E-state index in [1.165, 1.54) is 12.1 Å². The van der Waals surface area contributed by atoms with Crippen molar-refractivity contribution in [2.24, 2.45) is 5.92 Å². The first-order chi connectivity index (χ1) is 18.6. The highest BCUT2D eigenvalue weighted by Crippen LogP contribution is 2.39. The smallest absolute Gasteiger partial charge is 0.418 e. The maximum Gasteiger partial charge on any atom is 0.418 e. The number of aromatic nitrogens is 2. The fourth-order valence-corrected chi connectivity index (χ4v) is 5.18. The first kappa shape index (κ1) is 26.5. The minimum atomic E-state index is -4.68. The number of piperidine rings is 1. The lowest BCUT2D eigenvalue weighted by Gasteiger charge is -2.31. The van der Waals surface area contributed by atoms with Crippen LogP contribution in [-0.4, -0.2) is 46.5 Å². The first-order valence-corrected chi connectivity index (χ1v) is 12.6. The molecule has 3 aromatic rings. The maximum atomic E-state index is 13.9. The summed E-state index contributed by atoms with van der Waals surface area (Å²) in [7, 11) is 0. The summed E-state index contributed by atoms with van der Waals surface area (Å²) < 4.78 is 60.6. The molecule has 39 heavy (non-hydrogen) atoms. The number of halogens is 4. The first-order valence-electron chi connectivity index (χ1n) is 12.6. The highest BCUT2D eigenvalue weighted by molar-refractivity contribution is 5.71. The predicted molar refractivity (Wildman–Crippen MR) is 134 cm³/mol. The summed E-state index contributed by atoms with van der Waals surface area (Å²) in [6.07, 6.45) is -3.64. The molecule has 2 aliphatic rings. The summed E-state index contributed by atoms with van der Waals surface area (Å²) in [5, 5.41) is 25.6. The molecule has 2 atom stereocenters. The number of anilines is 2. The van der Waals surface area contributed by atoms with E-state index >= 15 is 0 Å². The maximum absolute atomic E-state index is 13.9. The monoisotopic (exact) mass is 543 g/mol. The third kappa shape index (κ3) is 5.67. The molecule has 0 bridgehead atoms. The lowest BCUT2D eigenvalue weighted by Crippen LogP contribution is -2.34. The van der Waals surface area contributed by atoms with E-state index in [1.807, 2.05) is 4.90 Å². The summed E-state index contributed by atoms with van der Waals surface area (Å²) >= 11 is 0. The van der Waals surface area contributed by atoms with Gasteiger partial charge in [-0.1, -0.05) is 5.16 Å². The minimum absolute atomic E-state index is 0.0388. The van der Waals surface area contributed by atoms with Gasteiger partial charge in [0.1, 0.15) is 12.2 Å². The minimum Gasteiger partial charge on any atom is -0.481 e. The molecule has 0 amide bonds. The zero-order valence-corrected chi connectivity index (χ0v) is 20.7. The molecule has 1 unspecified atom stereocenters. The number of aliphatic carboxylic acids is 1. The Bertz CT molecular complexity index is 1410. The molecule has 1 saturated carbocycles. The van der Waals surface area contributed by atoms with E-state index in [0.29, 0.717) is 55.6 Å². The van der Waals surface area contributed by atoms with Gasteiger partial charge in [0.15, 0.2) is 0 Å². The van der Waals surface area contributed by atoms with Crippen molar-refractivity contribution in [3.63, 3.8) is 0 Å². The number of benzene rings is 2. The number of hydrogen-bond acceptors (Lipinski definition) is 7. The van der Waals surface area contributed by atoms with E-state index in [0.717, 1.165) is 6.07 Å². The molecule has 204 valence electrons. The van der Waals surface area contributed by atoms with Gasteiger partial charge in [-0.25, -0.2) is 4.39 Å². The van der Waals surface area contributed by atoms with Gasteiger partial charge in [0, 0.05) is 35.9 Å². The number of hydrogen-bond donors (Lipinski definition) is 2. The molecule has 1 aromatic heterocycles. The van der Waals surface area contributed by atoms with Crippen molar-refractivity contribution >= 4 is 17.3 Å². The highest BCUT2D eigenvalue weighted by Gasteiger charge is 2.36. The normalized spacial score (nSPS) is 20.1. The fraction of sp³-hybridized carbons (Fsp3) is 0.407. The Labute approximate surface area is 221 Å². The van der Waals surface area contributed by atoms with Gasteiger partial charge < -0.3 is 19.8 Å². The number of nitriles is 1. The Morgan fingerprint density at radius 2 is 1.85 bits per heavy atom. The van der Waals surface area contributed by atoms with Gasteiger partial charge in [-0.3, -0.25) is 4.79 Å². The molecule has 1 saturated heterocycles. The summed E-state index contributed by atoms with van der Waals surface area (Å²) in [5.41, 5.74) is 0.469. The van der Waals surface area contributed by atoms with Crippen LogP contribution in [0, 0.1) is 17.2 Å². The summed E-state index contributed by atoms with van der Waals surface area (Å²) in [6, 6.07) is 10.4. The van der Waals surface area contributed by atoms with Crippen LogP contribution >= 0.6 is 0 Å². The predicted octanol–water partition coefficient (Wildman–Crippen LogP) is 5.90. The number of rotatable bonds is 6. The van der Waals surface area contributed by atoms with Gasteiger partial charge in [-0.05, 0) is 68.5 Å². The van der Waals surface area contributed by atoms with Crippen molar-refractivity contribution < 1.29 is 32.0 Å². The molecular weight excluding hydrogens is 518 g/mol. The van der Waals surface area contributed by atoms with Crippen LogP contribution in [0.5, 0.6) is 0 Å². The quantitative estimate of drug-likeness (QED) is 0.370. The van der Waals surface area contributed by atoms with E-state index < -0.39 is 29.8 Å². The van der Waals surface area contributed by atoms with Crippen LogP contribution in [-0.2, 0) is 11.0 Å². The van der Waals surface area contributed by atoms with Gasteiger partial charge in [-0.2, -0.15) is 23.4 Å². The molecule has 8 nitrogen and oxygen atoms in total. The molecule has 12 heteroatoms. The molecule has 2 heterocycles. The number of nitrogens with zero attached hydrogens (tertiary/aromatic N) is 4. The van der Waals surface area contributed by atoms with Crippen molar-refractivity contribution in [2.75, 3.05) is 23.3 Å². The number of carboxylic acids is 1. The molecule has 2 fully saturated rings. The Morgan fingerprint density at radius 3 is 2.51 bits per heavy atom. The van der Waals surface area contributed by atoms with Crippen molar-refractivity contribution in [1.29, 1.82) is 5.26 Å². The van der Waals surface area contributed by atoms with Crippen molar-refractivity contribution in [2.45, 2.75) is 50.5 Å². The van der Waals surface area contributed by atoms with Crippen molar-refractivity contribution in [3.05, 3.63) is 47.5 Å². The molecule has 2 N–H and O–H groups in total. The van der Waals surface area contributed by atoms with E-state index in [4.69, 9.17) is 4.52 Å². The molecule has 2 aromatic carbocycles. The number of carbonyl (C=O) groups is 1. The molecular formula is C27H25F4N5O3. The van der Waals surface area contributed by atoms with Crippen LogP contribution in [0.25, 0.3) is 22.8 Å². The van der Waals surface area contributed by atoms with Crippen LogP contribution in [0.1, 0.15) is 43.2 Å². The Balaban J connectivity index is 1.38. The second kappa shape index (κ2) is 10.6. The lowest BCUT2D eigenvalue weighted by molar-refractivity contribution is -0.141. The summed E-state index contributed by atoms with van der Waals surface area (Å²) in [4.78, 5) is 17.4. The molecule has 0 spiro atoms. The van der Waals surface area contributed by atoms with Gasteiger partial charge in [0.05, 0.1) is 22.7 Å². The van der Waals surface area contributed by atoms with E-state index in [1.54, 1.807) is 18.2 Å². The number of alkyl halides is 4. The van der Waals surface area contributed by atoms with Gasteiger partial charge in [0.2, 0.25) is 5.82 Å². The van der Waals surface area contributed by atoms with Crippen LogP contribution in [0.15, 0.2) is 40.9 Å². The average molecular weight is 544 g/mol. The molecule has 0 radical (unpaired) electrons. The zero-order valence-electron chi connectivity index (χ0n) is 20.7. The fourth-order valence-electron chi connectivity index (χ4n) is 5.18. The third-order valence-corrected chi connectivity index (χ3v) is 7.28. The van der Waals surface area contributed by atoms with E-state index in [9.17, 15) is 32.7 Å². The van der Waals surface area contributed by atoms with Gasteiger partial charge in [0.25, 0.3) is 5.89 Å². The number of nitrogens with one attached hydrogen (secondary N) is 1. The third-order valence-electron chi connectivity index (χ3n) is 7.28. The van der Waals surface area contributed by atoms with Crippen LogP contribution < -0.4 is 10.2 Å². The highest BCUT2D eigenvalue weighted by atomic mass is 19.4. The lowest BCUT2D eigenvalue weighted by atomic mass is 10.0. The average Bonchev–Trinajstić information content (AvgIpc) is 3.59. The molecule has 1 aliphatic heterocycles. The second-order valence-corrected chi connectivity index (χ2v) is 9.88. The van der Waals surface area contributed by atoms with Crippen molar-refractivity contribution in [1.82, 2.24) is 10.1 Å². The van der Waals surface area contributed by atoms with Gasteiger partial charge >= 0.3 is 12.1 Å². The topological polar surface area (TPSA) is 115 Å². The Hall–Kier alpha value is -4.14. The Kier molecular flexibility index (Phi) is 7.16. The van der Waals surface area contributed by atoms with Crippen molar-refractivity contribution in [3.8, 4) is 28.9 Å². The van der Waals surface area contributed by atoms with Gasteiger partial charge in [-0.15, -0.1) is 0 Å². The molecule has 5 rings (SSSR count). The van der Waals surface area contributed by atoms with Crippen LogP contribution in [0.2, 0.25) is 0 Å². The SMILES string of the molecule is N#Cc1cc(-c2nc(-c3ccc(NC4CC[C@H](C(=O)O)C4)c(C(F)(F)F)c3)no2)ccc1N1CCC(F)CC1. The second-order valence-electron chi connectivity index (χ2n) is 9.88. The largest absolute Gasteiger partial charge is 0.481 e. The van der Waals surface area contributed by atoms with E-state index in [-0.39, 0.29) is 35.4 Å². The summed E-state index contributed by atoms with van der Waals surface area (Å²) in [6.45, 7) is 0.986. The zero-order chi connectivity index (χ0) is 27.7. The van der Waals surface area contributed by atoms with Crippen LogP contribution in [0.3, 0.4) is 0 Å². The number of carboxylic acid groups (broad SMARTS) is 1. The summed E-state index contributed by atoms with van der Waals surface area (Å²) in [5.74, 6) is -1.54. The Morgan fingerprint density at radius 1 is 1.10 bits per heavy atom. The van der Waals surface area contributed by atoms with E-state index in [2.05, 4.69) is 21.5 Å². The molecule has 1 aliphatic carbocycles. The standard InChI is InChI=1S/C27H25F4N5O3/c28-19-7-9-36(10-8-19)23-6-3-16(11-18(23)14-32)25-34-24(35-39-25)15-2-5-22(21(13-15)27(29,30)31)33-20-4-1-17(12-20)26(37)38/h2-3,5-6,11,13,17,19-20,33H,1,4,7-10,12H2,(H,37,38)/t17-,20?/m0/s1.